The summed E-state index contributed by atoms with van der Waals surface area (Å²) in [7, 11) is 1.69. The summed E-state index contributed by atoms with van der Waals surface area (Å²) in [6, 6.07) is 17.4. The highest BCUT2D eigenvalue weighted by Crippen LogP contribution is 2.23. The van der Waals surface area contributed by atoms with E-state index in [1.807, 2.05) is 12.1 Å². The van der Waals surface area contributed by atoms with Gasteiger partial charge in [-0.25, -0.2) is 0 Å². The van der Waals surface area contributed by atoms with Crippen molar-refractivity contribution in [3.8, 4) is 5.75 Å². The summed E-state index contributed by atoms with van der Waals surface area (Å²) in [5.74, 6) is 0.896. The van der Waals surface area contributed by atoms with E-state index in [-0.39, 0.29) is 0 Å². The summed E-state index contributed by atoms with van der Waals surface area (Å²) >= 11 is 0. The van der Waals surface area contributed by atoms with Crippen molar-refractivity contribution in [1.29, 1.82) is 0 Å². The third-order valence-corrected chi connectivity index (χ3v) is 3.77. The van der Waals surface area contributed by atoms with Gasteiger partial charge in [-0.15, -0.1) is 0 Å². The van der Waals surface area contributed by atoms with E-state index in [0.29, 0.717) is 12.1 Å². The van der Waals surface area contributed by atoms with Gasteiger partial charge in [-0.05, 0) is 49.6 Å². The van der Waals surface area contributed by atoms with Crippen molar-refractivity contribution in [2.75, 3.05) is 7.11 Å². The van der Waals surface area contributed by atoms with Gasteiger partial charge in [0.2, 0.25) is 0 Å². The number of nitrogens with one attached hydrogen (secondary N) is 1. The molecule has 2 aromatic rings. The van der Waals surface area contributed by atoms with E-state index in [9.17, 15) is 0 Å². The van der Waals surface area contributed by atoms with Gasteiger partial charge in [0.05, 0.1) is 7.11 Å². The van der Waals surface area contributed by atoms with E-state index in [1.165, 1.54) is 16.7 Å². The van der Waals surface area contributed by atoms with Gasteiger partial charge in [-0.1, -0.05) is 36.4 Å². The average molecular weight is 269 g/mol. The monoisotopic (exact) mass is 269 g/mol. The van der Waals surface area contributed by atoms with Crippen LogP contribution in [-0.2, 0) is 0 Å². The Bertz CT molecular complexity index is 548. The van der Waals surface area contributed by atoms with Crippen LogP contribution in [0, 0.1) is 6.92 Å². The van der Waals surface area contributed by atoms with Crippen LogP contribution in [0.1, 0.15) is 42.6 Å². The van der Waals surface area contributed by atoms with Crippen molar-refractivity contribution in [2.24, 2.45) is 0 Å². The summed E-state index contributed by atoms with van der Waals surface area (Å²) in [6.07, 6.45) is 0. The minimum absolute atomic E-state index is 0.301. The smallest absolute Gasteiger partial charge is 0.118 e. The van der Waals surface area contributed by atoms with Gasteiger partial charge in [0.1, 0.15) is 5.75 Å². The highest BCUT2D eigenvalue weighted by molar-refractivity contribution is 5.31. The van der Waals surface area contributed by atoms with Gasteiger partial charge >= 0.3 is 0 Å². The maximum atomic E-state index is 5.19. The first-order valence-corrected chi connectivity index (χ1v) is 7.07. The third-order valence-electron chi connectivity index (χ3n) is 3.77. The summed E-state index contributed by atoms with van der Waals surface area (Å²) in [5, 5.41) is 3.65. The molecule has 0 aliphatic rings. The zero-order valence-electron chi connectivity index (χ0n) is 12.7. The summed E-state index contributed by atoms with van der Waals surface area (Å²) < 4.78 is 5.19. The fourth-order valence-electron chi connectivity index (χ4n) is 2.53. The van der Waals surface area contributed by atoms with E-state index < -0.39 is 0 Å². The van der Waals surface area contributed by atoms with E-state index in [1.54, 1.807) is 7.11 Å². The Morgan fingerprint density at radius 3 is 2.15 bits per heavy atom. The molecule has 0 radical (unpaired) electrons. The Hall–Kier alpha value is -1.80. The minimum Gasteiger partial charge on any atom is -0.497 e. The Morgan fingerprint density at radius 1 is 0.900 bits per heavy atom. The number of methoxy groups -OCH3 is 1. The molecular weight excluding hydrogens is 246 g/mol. The quantitative estimate of drug-likeness (QED) is 0.867. The Morgan fingerprint density at radius 2 is 1.55 bits per heavy atom. The van der Waals surface area contributed by atoms with Gasteiger partial charge in [0.25, 0.3) is 0 Å². The first-order chi connectivity index (χ1) is 9.61. The molecule has 20 heavy (non-hydrogen) atoms. The van der Waals surface area contributed by atoms with E-state index in [4.69, 9.17) is 4.74 Å². The van der Waals surface area contributed by atoms with Crippen molar-refractivity contribution in [2.45, 2.75) is 32.9 Å². The fourth-order valence-corrected chi connectivity index (χ4v) is 2.53. The largest absolute Gasteiger partial charge is 0.497 e. The van der Waals surface area contributed by atoms with Crippen molar-refractivity contribution < 1.29 is 4.74 Å². The predicted octanol–water partition coefficient (Wildman–Crippen LogP) is 4.42. The number of aryl methyl sites for hydroxylation is 1. The second-order valence-corrected chi connectivity index (χ2v) is 5.24. The molecule has 2 aromatic carbocycles. The van der Waals surface area contributed by atoms with Gasteiger partial charge in [0, 0.05) is 12.1 Å². The lowest BCUT2D eigenvalue weighted by Gasteiger charge is -2.22. The molecule has 1 unspecified atom stereocenters. The molecule has 0 amide bonds. The van der Waals surface area contributed by atoms with Crippen molar-refractivity contribution in [3.05, 3.63) is 65.2 Å². The van der Waals surface area contributed by atoms with Crippen LogP contribution in [0.3, 0.4) is 0 Å². The first-order valence-electron chi connectivity index (χ1n) is 7.07. The van der Waals surface area contributed by atoms with Gasteiger partial charge in [-0.3, -0.25) is 0 Å². The van der Waals surface area contributed by atoms with Crippen molar-refractivity contribution in [1.82, 2.24) is 5.32 Å². The molecule has 2 atom stereocenters. The highest BCUT2D eigenvalue weighted by atomic mass is 16.5. The molecule has 0 bridgehead atoms. The Balaban J connectivity index is 2.06. The molecular formula is C18H23NO. The summed E-state index contributed by atoms with van der Waals surface area (Å²) in [6.45, 7) is 6.56. The molecule has 0 aromatic heterocycles. The normalized spacial score (nSPS) is 13.8. The van der Waals surface area contributed by atoms with Crippen LogP contribution >= 0.6 is 0 Å². The minimum atomic E-state index is 0.301. The maximum absolute atomic E-state index is 5.19. The van der Waals surface area contributed by atoms with Gasteiger partial charge in [0.15, 0.2) is 0 Å². The van der Waals surface area contributed by atoms with Crippen LogP contribution in [0.15, 0.2) is 48.5 Å². The summed E-state index contributed by atoms with van der Waals surface area (Å²) in [4.78, 5) is 0. The lowest BCUT2D eigenvalue weighted by atomic mass is 10.0. The molecule has 2 heteroatoms. The number of hydrogen-bond donors (Lipinski definition) is 1. The first kappa shape index (κ1) is 14.6. The molecule has 0 spiro atoms. The van der Waals surface area contributed by atoms with Crippen molar-refractivity contribution >= 4 is 0 Å². The Labute approximate surface area is 121 Å². The molecule has 106 valence electrons. The maximum Gasteiger partial charge on any atom is 0.118 e. The predicted molar refractivity (Wildman–Crippen MR) is 84.1 cm³/mol. The van der Waals surface area contributed by atoms with Crippen LogP contribution in [0.4, 0.5) is 0 Å². The SMILES string of the molecule is COc1ccc(C(C)N[C@H](C)c2ccccc2C)cc1. The third kappa shape index (κ3) is 3.40. The molecule has 0 aliphatic carbocycles. The second kappa shape index (κ2) is 6.58. The van der Waals surface area contributed by atoms with Crippen molar-refractivity contribution in [3.63, 3.8) is 0 Å². The molecule has 2 nitrogen and oxygen atoms in total. The molecule has 1 N–H and O–H groups in total. The molecule has 0 saturated carbocycles. The molecule has 2 rings (SSSR count). The van der Waals surface area contributed by atoms with Crippen LogP contribution in [0.5, 0.6) is 5.75 Å². The Kier molecular flexibility index (Phi) is 4.80. The van der Waals surface area contributed by atoms with Crippen LogP contribution in [-0.4, -0.2) is 7.11 Å². The standard InChI is InChI=1S/C18H23NO/c1-13-7-5-6-8-18(13)15(3)19-14(2)16-9-11-17(20-4)12-10-16/h5-12,14-15,19H,1-4H3/t14?,15-/m1/s1. The van der Waals surface area contributed by atoms with E-state index in [0.717, 1.165) is 5.75 Å². The average Bonchev–Trinajstić information content (AvgIpc) is 2.47. The number of hydrogen-bond acceptors (Lipinski definition) is 2. The molecule has 0 saturated heterocycles. The summed E-state index contributed by atoms with van der Waals surface area (Å²) in [5.41, 5.74) is 3.95. The number of benzene rings is 2. The highest BCUT2D eigenvalue weighted by Gasteiger charge is 2.12. The fraction of sp³-hybridized carbons (Fsp3) is 0.333. The van der Waals surface area contributed by atoms with Crippen LogP contribution in [0.25, 0.3) is 0 Å². The van der Waals surface area contributed by atoms with Gasteiger partial charge in [-0.2, -0.15) is 0 Å². The lowest BCUT2D eigenvalue weighted by Crippen LogP contribution is -2.23. The topological polar surface area (TPSA) is 21.3 Å². The van der Waals surface area contributed by atoms with Crippen LogP contribution < -0.4 is 10.1 Å². The van der Waals surface area contributed by atoms with E-state index in [2.05, 4.69) is 62.5 Å². The zero-order chi connectivity index (χ0) is 14.5. The molecule has 0 fully saturated rings. The number of rotatable bonds is 5. The van der Waals surface area contributed by atoms with E-state index >= 15 is 0 Å². The zero-order valence-corrected chi connectivity index (χ0v) is 12.7. The number of ether oxygens (including phenoxy) is 1. The van der Waals surface area contributed by atoms with Gasteiger partial charge < -0.3 is 10.1 Å². The van der Waals surface area contributed by atoms with Crippen LogP contribution in [0.2, 0.25) is 0 Å². The molecule has 0 heterocycles. The second-order valence-electron chi connectivity index (χ2n) is 5.24. The molecule has 0 aliphatic heterocycles. The lowest BCUT2D eigenvalue weighted by molar-refractivity contribution is 0.414.